The van der Waals surface area contributed by atoms with Crippen LogP contribution in [0.15, 0.2) is 0 Å². The molecule has 0 atom stereocenters. The Kier molecular flexibility index (Phi) is 33.8. The Bertz CT molecular complexity index is 283. The molecule has 0 amide bonds. The van der Waals surface area contributed by atoms with Crippen LogP contribution in [0.2, 0.25) is 0 Å². The fraction of sp³-hybridized carbons (Fsp3) is 0.944. The SMILES string of the molecule is CCCCCCCCCCCCCCCCCC(=O)O.[Mg+2].[O-][Si](O)(O)O.[OH-]. The van der Waals surface area contributed by atoms with Gasteiger partial charge in [-0.1, -0.05) is 96.8 Å². The van der Waals surface area contributed by atoms with Gasteiger partial charge in [0, 0.05) is 6.42 Å². The molecule has 0 spiro atoms. The van der Waals surface area contributed by atoms with Crippen LogP contribution in [0.5, 0.6) is 0 Å². The average Bonchev–Trinajstić information content (AvgIpc) is 2.49. The Labute approximate surface area is 182 Å². The summed E-state index contributed by atoms with van der Waals surface area (Å²) in [6, 6.07) is 0. The second-order valence-electron chi connectivity index (χ2n) is 6.67. The van der Waals surface area contributed by atoms with E-state index in [9.17, 15) is 4.79 Å². The number of aliphatic carboxylic acids is 1. The molecule has 7 nitrogen and oxygen atoms in total. The predicted octanol–water partition coefficient (Wildman–Crippen LogP) is 2.53. The van der Waals surface area contributed by atoms with Gasteiger partial charge >= 0.3 is 38.1 Å². The number of rotatable bonds is 16. The van der Waals surface area contributed by atoms with Gasteiger partial charge in [-0.2, -0.15) is 0 Å². The molecule has 0 bridgehead atoms. The summed E-state index contributed by atoms with van der Waals surface area (Å²) >= 11 is 0. The van der Waals surface area contributed by atoms with Crippen molar-refractivity contribution in [1.82, 2.24) is 0 Å². The maximum Gasteiger partial charge on any atom is 2.00 e. The first-order valence-electron chi connectivity index (χ1n) is 9.86. The van der Waals surface area contributed by atoms with Gasteiger partial charge < -0.3 is 29.8 Å². The first-order valence-corrected chi connectivity index (χ1v) is 11.6. The van der Waals surface area contributed by atoms with Crippen LogP contribution in [0.1, 0.15) is 110 Å². The molecule has 27 heavy (non-hydrogen) atoms. The normalized spacial score (nSPS) is 10.3. The summed E-state index contributed by atoms with van der Waals surface area (Å²) in [5, 5.41) is 8.52. The molecule has 0 radical (unpaired) electrons. The van der Waals surface area contributed by atoms with Gasteiger partial charge in [-0.25, -0.2) is 0 Å². The Morgan fingerprint density at radius 1 is 0.704 bits per heavy atom. The molecule has 0 aromatic carbocycles. The maximum absolute atomic E-state index is 10.3. The van der Waals surface area contributed by atoms with Gasteiger partial charge in [0.1, 0.15) is 0 Å². The molecule has 9 heteroatoms. The van der Waals surface area contributed by atoms with Gasteiger partial charge in [-0.3, -0.25) is 4.79 Å². The minimum atomic E-state index is -4.86. The molecule has 0 aliphatic carbocycles. The van der Waals surface area contributed by atoms with Crippen molar-refractivity contribution in [2.24, 2.45) is 0 Å². The minimum absolute atomic E-state index is 0. The number of carboxylic acids is 1. The molecule has 0 aromatic rings. The molecule has 0 unspecified atom stereocenters. The Morgan fingerprint density at radius 2 is 0.926 bits per heavy atom. The van der Waals surface area contributed by atoms with E-state index in [4.69, 9.17) is 24.3 Å². The van der Waals surface area contributed by atoms with Crippen LogP contribution in [-0.4, -0.2) is 63.0 Å². The van der Waals surface area contributed by atoms with Gasteiger partial charge in [0.15, 0.2) is 0 Å². The smallest absolute Gasteiger partial charge is 0.870 e. The number of carbonyl (C=O) groups is 1. The summed E-state index contributed by atoms with van der Waals surface area (Å²) in [4.78, 5) is 40.9. The molecular formula is C18H40MgO7Si. The van der Waals surface area contributed by atoms with Crippen LogP contribution >= 0.6 is 0 Å². The number of unbranched alkanes of at least 4 members (excludes halogenated alkanes) is 14. The van der Waals surface area contributed by atoms with E-state index >= 15 is 0 Å². The predicted molar refractivity (Wildman–Crippen MR) is 107 cm³/mol. The van der Waals surface area contributed by atoms with Crippen molar-refractivity contribution in [1.29, 1.82) is 0 Å². The van der Waals surface area contributed by atoms with E-state index < -0.39 is 15.0 Å². The van der Waals surface area contributed by atoms with Crippen molar-refractivity contribution in [2.45, 2.75) is 110 Å². The number of carboxylic acid groups (broad SMARTS) is 1. The third-order valence-corrected chi connectivity index (χ3v) is 3.99. The second kappa shape index (κ2) is 26.3. The van der Waals surface area contributed by atoms with Crippen LogP contribution in [0.25, 0.3) is 0 Å². The Morgan fingerprint density at radius 3 is 1.15 bits per heavy atom. The Balaban J connectivity index is -0.000000333. The number of hydrogen-bond donors (Lipinski definition) is 4. The largest absolute Gasteiger partial charge is 2.00 e. The first kappa shape index (κ1) is 34.7. The van der Waals surface area contributed by atoms with Gasteiger partial charge in [-0.05, 0) is 6.42 Å². The fourth-order valence-corrected chi connectivity index (χ4v) is 2.65. The molecule has 5 N–H and O–H groups in total. The molecule has 0 rings (SSSR count). The minimum Gasteiger partial charge on any atom is -0.870 e. The van der Waals surface area contributed by atoms with E-state index in [-0.39, 0.29) is 28.5 Å². The molecular weight excluding hydrogens is 381 g/mol. The second-order valence-corrected chi connectivity index (χ2v) is 7.82. The summed E-state index contributed by atoms with van der Waals surface area (Å²) in [7, 11) is -4.86. The topological polar surface area (TPSA) is 151 Å². The van der Waals surface area contributed by atoms with E-state index in [0.29, 0.717) is 6.42 Å². The summed E-state index contributed by atoms with van der Waals surface area (Å²) < 4.78 is 0. The van der Waals surface area contributed by atoms with E-state index in [1.165, 1.54) is 83.5 Å². The van der Waals surface area contributed by atoms with Crippen molar-refractivity contribution < 1.29 is 34.6 Å². The molecule has 0 saturated heterocycles. The zero-order chi connectivity index (χ0) is 19.4. The van der Waals surface area contributed by atoms with Crippen molar-refractivity contribution in [3.05, 3.63) is 0 Å². The van der Waals surface area contributed by atoms with Crippen LogP contribution in [-0.2, 0) is 4.79 Å². The molecule has 160 valence electrons. The van der Waals surface area contributed by atoms with Crippen molar-refractivity contribution >= 4 is 38.1 Å². The summed E-state index contributed by atoms with van der Waals surface area (Å²) in [5.41, 5.74) is 0. The summed E-state index contributed by atoms with van der Waals surface area (Å²) in [5.74, 6) is -0.653. The molecule has 0 aromatic heterocycles. The van der Waals surface area contributed by atoms with Gasteiger partial charge in [0.05, 0.1) is 0 Å². The van der Waals surface area contributed by atoms with E-state index in [0.717, 1.165) is 12.8 Å². The monoisotopic (exact) mass is 420 g/mol. The third kappa shape index (κ3) is 51.9. The van der Waals surface area contributed by atoms with E-state index in [2.05, 4.69) is 6.92 Å². The standard InChI is InChI=1S/C18H36O2.Mg.H3O4Si.H2O/c1-2-3-4-5-6-7-8-9-10-11-12-13-14-15-16-17-18(19)20;;1-5(2,3)4;/h2-17H2,1H3,(H,19,20);;1-3H;1H2/q;+2;-1;/p-1. The Hall–Kier alpha value is 0.253. The van der Waals surface area contributed by atoms with Crippen molar-refractivity contribution in [3.8, 4) is 0 Å². The van der Waals surface area contributed by atoms with Crippen molar-refractivity contribution in [2.75, 3.05) is 0 Å². The molecule has 0 saturated carbocycles. The summed E-state index contributed by atoms with van der Waals surface area (Å²) in [6.45, 7) is 2.27. The fourth-order valence-electron chi connectivity index (χ4n) is 2.65. The summed E-state index contributed by atoms with van der Waals surface area (Å²) in [6.07, 6.45) is 20.2. The van der Waals surface area contributed by atoms with E-state index in [1.807, 2.05) is 0 Å². The number of hydrogen-bond acceptors (Lipinski definition) is 6. The van der Waals surface area contributed by atoms with E-state index in [1.54, 1.807) is 0 Å². The van der Waals surface area contributed by atoms with Crippen molar-refractivity contribution in [3.63, 3.8) is 0 Å². The molecule has 0 heterocycles. The molecule has 0 fully saturated rings. The molecule has 0 aliphatic heterocycles. The average molecular weight is 421 g/mol. The zero-order valence-corrected chi connectivity index (χ0v) is 19.5. The van der Waals surface area contributed by atoms with Gasteiger partial charge in [-0.15, -0.1) is 0 Å². The van der Waals surface area contributed by atoms with Crippen LogP contribution < -0.4 is 4.80 Å². The first-order chi connectivity index (χ1) is 11.8. The van der Waals surface area contributed by atoms with Crippen LogP contribution in [0.3, 0.4) is 0 Å². The third-order valence-electron chi connectivity index (χ3n) is 3.99. The van der Waals surface area contributed by atoms with Crippen LogP contribution in [0, 0.1) is 0 Å². The van der Waals surface area contributed by atoms with Gasteiger partial charge in [0.25, 0.3) is 0 Å². The van der Waals surface area contributed by atoms with Gasteiger partial charge in [0.2, 0.25) is 0 Å². The zero-order valence-electron chi connectivity index (χ0n) is 17.1. The quantitative estimate of drug-likeness (QED) is 0.221. The maximum atomic E-state index is 10.3. The van der Waals surface area contributed by atoms with Crippen LogP contribution in [0.4, 0.5) is 0 Å². The molecule has 0 aliphatic rings.